The molecule has 102 valence electrons. The zero-order valence-corrected chi connectivity index (χ0v) is 12.2. The van der Waals surface area contributed by atoms with Crippen LogP contribution in [0.1, 0.15) is 50.7 Å². The summed E-state index contributed by atoms with van der Waals surface area (Å²) < 4.78 is 2.38. The Balaban J connectivity index is 2.28. The van der Waals surface area contributed by atoms with Crippen molar-refractivity contribution in [1.29, 1.82) is 0 Å². The van der Waals surface area contributed by atoms with Gasteiger partial charge in [-0.1, -0.05) is 32.9 Å². The van der Waals surface area contributed by atoms with Gasteiger partial charge < -0.3 is 9.88 Å². The number of anilines is 1. The molecule has 1 aliphatic heterocycles. The van der Waals surface area contributed by atoms with Crippen LogP contribution in [-0.2, 0) is 13.0 Å². The van der Waals surface area contributed by atoms with E-state index in [4.69, 9.17) is 4.98 Å². The molecule has 0 fully saturated rings. The molecule has 1 aromatic carbocycles. The van der Waals surface area contributed by atoms with Crippen molar-refractivity contribution in [3.8, 4) is 0 Å². The van der Waals surface area contributed by atoms with Crippen molar-refractivity contribution in [3.63, 3.8) is 0 Å². The molecule has 0 amide bonds. The summed E-state index contributed by atoms with van der Waals surface area (Å²) in [6.45, 7) is 8.84. The summed E-state index contributed by atoms with van der Waals surface area (Å²) in [5.41, 5.74) is 5.45. The third-order valence-electron chi connectivity index (χ3n) is 4.43. The first kappa shape index (κ1) is 12.5. The second-order valence-corrected chi connectivity index (χ2v) is 5.39. The van der Waals surface area contributed by atoms with Crippen LogP contribution in [0.5, 0.6) is 0 Å². The van der Waals surface area contributed by atoms with Crippen molar-refractivity contribution in [3.05, 3.63) is 23.3 Å². The van der Waals surface area contributed by atoms with E-state index in [0.29, 0.717) is 5.92 Å². The SMILES string of the molecule is CCc1ccc(C(CC)CC)c2c1nc1n2CCN1. The van der Waals surface area contributed by atoms with Crippen molar-refractivity contribution in [2.45, 2.75) is 52.5 Å². The van der Waals surface area contributed by atoms with Crippen LogP contribution >= 0.6 is 0 Å². The molecule has 1 N–H and O–H groups in total. The van der Waals surface area contributed by atoms with E-state index < -0.39 is 0 Å². The van der Waals surface area contributed by atoms with Crippen molar-refractivity contribution >= 4 is 17.0 Å². The molecule has 1 aliphatic rings. The second-order valence-electron chi connectivity index (χ2n) is 5.39. The molecule has 0 saturated heterocycles. The average Bonchev–Trinajstić information content (AvgIpc) is 3.00. The van der Waals surface area contributed by atoms with Crippen LogP contribution < -0.4 is 5.32 Å². The first-order chi connectivity index (χ1) is 9.30. The first-order valence-corrected chi connectivity index (χ1v) is 7.55. The minimum absolute atomic E-state index is 0.648. The van der Waals surface area contributed by atoms with Crippen LogP contribution in [0.15, 0.2) is 12.1 Å². The summed E-state index contributed by atoms with van der Waals surface area (Å²) in [4.78, 5) is 4.83. The summed E-state index contributed by atoms with van der Waals surface area (Å²) in [5, 5.41) is 3.39. The Morgan fingerprint density at radius 2 is 2.05 bits per heavy atom. The number of fused-ring (bicyclic) bond motifs is 3. The summed E-state index contributed by atoms with van der Waals surface area (Å²) in [5.74, 6) is 1.71. The monoisotopic (exact) mass is 257 g/mol. The van der Waals surface area contributed by atoms with Gasteiger partial charge in [-0.05, 0) is 36.3 Å². The second kappa shape index (κ2) is 4.87. The van der Waals surface area contributed by atoms with Crippen molar-refractivity contribution in [2.75, 3.05) is 11.9 Å². The quantitative estimate of drug-likeness (QED) is 0.899. The molecule has 0 unspecified atom stereocenters. The van der Waals surface area contributed by atoms with Crippen LogP contribution in [0.3, 0.4) is 0 Å². The van der Waals surface area contributed by atoms with Crippen molar-refractivity contribution < 1.29 is 0 Å². The molecule has 0 saturated carbocycles. The summed E-state index contributed by atoms with van der Waals surface area (Å²) >= 11 is 0. The number of nitrogens with one attached hydrogen (secondary N) is 1. The molecule has 3 rings (SSSR count). The number of rotatable bonds is 4. The maximum Gasteiger partial charge on any atom is 0.204 e. The number of aryl methyl sites for hydroxylation is 1. The highest BCUT2D eigenvalue weighted by Crippen LogP contribution is 2.35. The Morgan fingerprint density at radius 3 is 2.74 bits per heavy atom. The lowest BCUT2D eigenvalue weighted by molar-refractivity contribution is 0.642. The molecule has 0 spiro atoms. The molecular formula is C16H23N3. The lowest BCUT2D eigenvalue weighted by Crippen LogP contribution is -2.03. The van der Waals surface area contributed by atoms with E-state index in [2.05, 4.69) is 42.8 Å². The van der Waals surface area contributed by atoms with Gasteiger partial charge in [0.1, 0.15) is 0 Å². The van der Waals surface area contributed by atoms with Crippen molar-refractivity contribution in [2.24, 2.45) is 0 Å². The molecule has 19 heavy (non-hydrogen) atoms. The maximum absolute atomic E-state index is 4.83. The molecular weight excluding hydrogens is 234 g/mol. The highest BCUT2D eigenvalue weighted by atomic mass is 15.3. The Morgan fingerprint density at radius 1 is 1.26 bits per heavy atom. The maximum atomic E-state index is 4.83. The van der Waals surface area contributed by atoms with Gasteiger partial charge >= 0.3 is 0 Å². The number of imidazole rings is 1. The van der Waals surface area contributed by atoms with E-state index >= 15 is 0 Å². The highest BCUT2D eigenvalue weighted by Gasteiger charge is 2.22. The Labute approximate surface area is 115 Å². The minimum atomic E-state index is 0.648. The van der Waals surface area contributed by atoms with Gasteiger partial charge in [-0.3, -0.25) is 0 Å². The van der Waals surface area contributed by atoms with Gasteiger partial charge in [-0.15, -0.1) is 0 Å². The van der Waals surface area contributed by atoms with Gasteiger partial charge in [0, 0.05) is 13.1 Å². The van der Waals surface area contributed by atoms with Crippen LogP contribution in [0.25, 0.3) is 11.0 Å². The largest absolute Gasteiger partial charge is 0.354 e. The van der Waals surface area contributed by atoms with Crippen molar-refractivity contribution in [1.82, 2.24) is 9.55 Å². The van der Waals surface area contributed by atoms with Gasteiger partial charge in [0.25, 0.3) is 0 Å². The number of hydrogen-bond acceptors (Lipinski definition) is 2. The summed E-state index contributed by atoms with van der Waals surface area (Å²) in [6.07, 6.45) is 3.45. The molecule has 0 aliphatic carbocycles. The van der Waals surface area contributed by atoms with E-state index in [9.17, 15) is 0 Å². The molecule has 1 aromatic heterocycles. The topological polar surface area (TPSA) is 29.9 Å². The van der Waals surface area contributed by atoms with Crippen LogP contribution in [0, 0.1) is 0 Å². The summed E-state index contributed by atoms with van der Waals surface area (Å²) in [6, 6.07) is 4.62. The fourth-order valence-corrected chi connectivity index (χ4v) is 3.29. The van der Waals surface area contributed by atoms with Crippen LogP contribution in [0.2, 0.25) is 0 Å². The number of hydrogen-bond donors (Lipinski definition) is 1. The van der Waals surface area contributed by atoms with Gasteiger partial charge in [0.2, 0.25) is 5.95 Å². The number of aromatic nitrogens is 2. The lowest BCUT2D eigenvalue weighted by atomic mass is 9.91. The highest BCUT2D eigenvalue weighted by molar-refractivity contribution is 5.86. The number of benzene rings is 1. The van der Waals surface area contributed by atoms with E-state index in [1.54, 1.807) is 0 Å². The van der Waals surface area contributed by atoms with Gasteiger partial charge in [0.05, 0.1) is 11.0 Å². The van der Waals surface area contributed by atoms with Gasteiger partial charge in [0.15, 0.2) is 0 Å². The zero-order chi connectivity index (χ0) is 13.4. The first-order valence-electron chi connectivity index (χ1n) is 7.55. The average molecular weight is 257 g/mol. The Bertz CT molecular complexity index is 594. The van der Waals surface area contributed by atoms with Gasteiger partial charge in [-0.2, -0.15) is 0 Å². The molecule has 3 heteroatoms. The van der Waals surface area contributed by atoms with E-state index in [0.717, 1.165) is 25.5 Å². The van der Waals surface area contributed by atoms with Gasteiger partial charge in [-0.25, -0.2) is 4.98 Å². The molecule has 0 radical (unpaired) electrons. The molecule has 0 atom stereocenters. The van der Waals surface area contributed by atoms with Crippen LogP contribution in [0.4, 0.5) is 5.95 Å². The Kier molecular flexibility index (Phi) is 3.21. The molecule has 3 nitrogen and oxygen atoms in total. The van der Waals surface area contributed by atoms with E-state index in [1.807, 2.05) is 0 Å². The fraction of sp³-hybridized carbons (Fsp3) is 0.562. The molecule has 0 bridgehead atoms. The third-order valence-corrected chi connectivity index (χ3v) is 4.43. The predicted octanol–water partition coefficient (Wildman–Crippen LogP) is 3.93. The van der Waals surface area contributed by atoms with E-state index in [1.165, 1.54) is 35.0 Å². The van der Waals surface area contributed by atoms with Crippen LogP contribution in [-0.4, -0.2) is 16.1 Å². The lowest BCUT2D eigenvalue weighted by Gasteiger charge is -2.16. The zero-order valence-electron chi connectivity index (χ0n) is 12.2. The number of nitrogens with zero attached hydrogens (tertiary/aromatic N) is 2. The third kappa shape index (κ3) is 1.83. The smallest absolute Gasteiger partial charge is 0.204 e. The normalized spacial score (nSPS) is 14.1. The minimum Gasteiger partial charge on any atom is -0.354 e. The predicted molar refractivity (Wildman–Crippen MR) is 80.9 cm³/mol. The fourth-order valence-electron chi connectivity index (χ4n) is 3.29. The summed E-state index contributed by atoms with van der Waals surface area (Å²) in [7, 11) is 0. The molecule has 2 aromatic rings. The Hall–Kier alpha value is -1.51. The standard InChI is InChI=1S/C16H23N3/c1-4-11(5-2)13-8-7-12(6-3)14-15(13)19-10-9-17-16(19)18-14/h7-8,11H,4-6,9-10H2,1-3H3,(H,17,18). The van der Waals surface area contributed by atoms with E-state index in [-0.39, 0.29) is 0 Å². The molecule has 2 heterocycles.